The van der Waals surface area contributed by atoms with Crippen LogP contribution in [0.15, 0.2) is 47.0 Å². The van der Waals surface area contributed by atoms with Crippen LogP contribution in [0.25, 0.3) is 11.4 Å². The Labute approximate surface area is 181 Å². The molecule has 3 heterocycles. The summed E-state index contributed by atoms with van der Waals surface area (Å²) < 4.78 is 11.0. The summed E-state index contributed by atoms with van der Waals surface area (Å²) in [5, 5.41) is 4.17. The number of nitrogens with zero attached hydrogens (tertiary/aromatic N) is 4. The third kappa shape index (κ3) is 3.93. The van der Waals surface area contributed by atoms with Crippen LogP contribution < -0.4 is 9.80 Å². The zero-order valence-electron chi connectivity index (χ0n) is 17.9. The summed E-state index contributed by atoms with van der Waals surface area (Å²) in [5.41, 5.74) is 5.39. The van der Waals surface area contributed by atoms with Gasteiger partial charge < -0.3 is 19.1 Å². The number of carbonyl (C=O) groups is 1. The molecule has 5 rings (SSSR count). The van der Waals surface area contributed by atoms with E-state index in [1.165, 1.54) is 16.8 Å². The topological polar surface area (TPSA) is 71.7 Å². The van der Waals surface area contributed by atoms with Crippen molar-refractivity contribution in [3.63, 3.8) is 0 Å². The summed E-state index contributed by atoms with van der Waals surface area (Å²) in [6.45, 7) is 8.01. The van der Waals surface area contributed by atoms with Gasteiger partial charge in [0.15, 0.2) is 0 Å². The Bertz CT molecular complexity index is 1090. The molecule has 3 aromatic rings. The number of hydrogen-bond acceptors (Lipinski definition) is 6. The molecular formula is C24H26N4O3. The van der Waals surface area contributed by atoms with Crippen molar-refractivity contribution in [2.24, 2.45) is 0 Å². The van der Waals surface area contributed by atoms with Crippen LogP contribution in [0.1, 0.15) is 29.4 Å². The van der Waals surface area contributed by atoms with Crippen LogP contribution >= 0.6 is 0 Å². The molecule has 2 aromatic carbocycles. The minimum atomic E-state index is -0.0945. The minimum absolute atomic E-state index is 0.0860. The van der Waals surface area contributed by atoms with E-state index < -0.39 is 0 Å². The zero-order valence-corrected chi connectivity index (χ0v) is 17.9. The van der Waals surface area contributed by atoms with Gasteiger partial charge in [0.25, 0.3) is 0 Å². The summed E-state index contributed by atoms with van der Waals surface area (Å²) >= 11 is 0. The maximum atomic E-state index is 12.6. The summed E-state index contributed by atoms with van der Waals surface area (Å²) in [6, 6.07) is 14.3. The second-order valence-corrected chi connectivity index (χ2v) is 8.28. The zero-order chi connectivity index (χ0) is 21.4. The molecule has 31 heavy (non-hydrogen) atoms. The van der Waals surface area contributed by atoms with E-state index in [4.69, 9.17) is 9.26 Å². The van der Waals surface area contributed by atoms with Crippen molar-refractivity contribution in [1.29, 1.82) is 0 Å². The van der Waals surface area contributed by atoms with Gasteiger partial charge in [-0.2, -0.15) is 4.98 Å². The Morgan fingerprint density at radius 2 is 1.71 bits per heavy atom. The van der Waals surface area contributed by atoms with Crippen molar-refractivity contribution >= 4 is 17.3 Å². The van der Waals surface area contributed by atoms with Gasteiger partial charge in [-0.15, -0.1) is 0 Å². The molecular weight excluding hydrogens is 392 g/mol. The van der Waals surface area contributed by atoms with Gasteiger partial charge >= 0.3 is 0 Å². The fourth-order valence-corrected chi connectivity index (χ4v) is 4.18. The van der Waals surface area contributed by atoms with E-state index in [9.17, 15) is 4.79 Å². The molecule has 0 unspecified atom stereocenters. The molecule has 0 aliphatic carbocycles. The predicted molar refractivity (Wildman–Crippen MR) is 118 cm³/mol. The largest absolute Gasteiger partial charge is 0.378 e. The Morgan fingerprint density at radius 1 is 0.968 bits per heavy atom. The molecule has 160 valence electrons. The number of benzene rings is 2. The van der Waals surface area contributed by atoms with Crippen LogP contribution in [0.5, 0.6) is 0 Å². The predicted octanol–water partition coefficient (Wildman–Crippen LogP) is 3.71. The van der Waals surface area contributed by atoms with E-state index in [2.05, 4.69) is 53.2 Å². The number of hydrogen-bond donors (Lipinski definition) is 0. The van der Waals surface area contributed by atoms with Crippen LogP contribution in [0.3, 0.4) is 0 Å². The number of amides is 1. The number of ether oxygens (including phenoxy) is 1. The molecule has 2 fully saturated rings. The first-order valence-electron chi connectivity index (χ1n) is 10.7. The normalized spacial score (nSPS) is 19.3. The molecule has 0 spiro atoms. The van der Waals surface area contributed by atoms with E-state index >= 15 is 0 Å². The smallest absolute Gasteiger partial charge is 0.232 e. The van der Waals surface area contributed by atoms with Crippen LogP contribution in [-0.2, 0) is 9.53 Å². The van der Waals surface area contributed by atoms with E-state index in [0.29, 0.717) is 24.7 Å². The first-order valence-corrected chi connectivity index (χ1v) is 10.7. The van der Waals surface area contributed by atoms with E-state index in [-0.39, 0.29) is 11.8 Å². The fraction of sp³-hybridized carbons (Fsp3) is 0.375. The Morgan fingerprint density at radius 3 is 2.45 bits per heavy atom. The molecule has 2 aliphatic heterocycles. The van der Waals surface area contributed by atoms with E-state index in [1.807, 2.05) is 23.1 Å². The van der Waals surface area contributed by atoms with Gasteiger partial charge in [-0.25, -0.2) is 0 Å². The Balaban J connectivity index is 1.30. The molecule has 0 N–H and O–H groups in total. The lowest BCUT2D eigenvalue weighted by atomic mass is 10.1. The number of anilines is 2. The summed E-state index contributed by atoms with van der Waals surface area (Å²) in [6.07, 6.45) is 0.379. The van der Waals surface area contributed by atoms with Gasteiger partial charge in [0.2, 0.25) is 17.6 Å². The van der Waals surface area contributed by atoms with Gasteiger partial charge in [0.1, 0.15) is 0 Å². The average molecular weight is 418 g/mol. The molecule has 2 saturated heterocycles. The van der Waals surface area contributed by atoms with Gasteiger partial charge in [0, 0.05) is 43.0 Å². The fourth-order valence-electron chi connectivity index (χ4n) is 4.18. The maximum Gasteiger partial charge on any atom is 0.232 e. The van der Waals surface area contributed by atoms with Crippen LogP contribution in [-0.4, -0.2) is 48.9 Å². The SMILES string of the molecule is Cc1ccc(N2C[C@H](c3nc(-c4ccc(N5CCOCC5)cc4)no3)CC2=O)cc1C. The third-order valence-electron chi connectivity index (χ3n) is 6.22. The Hall–Kier alpha value is -3.19. The van der Waals surface area contributed by atoms with Gasteiger partial charge in [-0.1, -0.05) is 11.2 Å². The highest BCUT2D eigenvalue weighted by atomic mass is 16.5. The highest BCUT2D eigenvalue weighted by Gasteiger charge is 2.35. The number of morpholine rings is 1. The first-order chi connectivity index (χ1) is 15.1. The number of rotatable bonds is 4. The quantitative estimate of drug-likeness (QED) is 0.643. The lowest BCUT2D eigenvalue weighted by Crippen LogP contribution is -2.36. The molecule has 0 radical (unpaired) electrons. The monoisotopic (exact) mass is 418 g/mol. The summed E-state index contributed by atoms with van der Waals surface area (Å²) in [4.78, 5) is 21.4. The molecule has 1 atom stereocenters. The number of aryl methyl sites for hydroxylation is 2. The lowest BCUT2D eigenvalue weighted by Gasteiger charge is -2.28. The summed E-state index contributed by atoms with van der Waals surface area (Å²) in [7, 11) is 0. The molecule has 0 saturated carbocycles. The van der Waals surface area contributed by atoms with Crippen molar-refractivity contribution in [2.45, 2.75) is 26.2 Å². The van der Waals surface area contributed by atoms with Gasteiger partial charge in [0.05, 0.1) is 19.1 Å². The van der Waals surface area contributed by atoms with E-state index in [0.717, 1.165) is 37.6 Å². The van der Waals surface area contributed by atoms with E-state index in [1.54, 1.807) is 0 Å². The van der Waals surface area contributed by atoms with Gasteiger partial charge in [-0.3, -0.25) is 4.79 Å². The van der Waals surface area contributed by atoms with Crippen molar-refractivity contribution in [3.05, 3.63) is 59.5 Å². The Kier molecular flexibility index (Phi) is 5.19. The molecule has 1 amide bonds. The second kappa shape index (κ2) is 8.15. The lowest BCUT2D eigenvalue weighted by molar-refractivity contribution is -0.117. The molecule has 2 aliphatic rings. The van der Waals surface area contributed by atoms with Crippen LogP contribution in [0.2, 0.25) is 0 Å². The highest BCUT2D eigenvalue weighted by Crippen LogP contribution is 2.33. The molecule has 1 aromatic heterocycles. The van der Waals surface area contributed by atoms with Crippen LogP contribution in [0.4, 0.5) is 11.4 Å². The molecule has 7 heteroatoms. The minimum Gasteiger partial charge on any atom is -0.378 e. The maximum absolute atomic E-state index is 12.6. The highest BCUT2D eigenvalue weighted by molar-refractivity contribution is 5.96. The first kappa shape index (κ1) is 19.8. The second-order valence-electron chi connectivity index (χ2n) is 8.28. The van der Waals surface area contributed by atoms with Crippen LogP contribution in [0, 0.1) is 13.8 Å². The average Bonchev–Trinajstić information content (AvgIpc) is 3.44. The molecule has 7 nitrogen and oxygen atoms in total. The number of aromatic nitrogens is 2. The van der Waals surface area contributed by atoms with Crippen molar-refractivity contribution in [1.82, 2.24) is 10.1 Å². The van der Waals surface area contributed by atoms with Crippen molar-refractivity contribution < 1.29 is 14.1 Å². The third-order valence-corrected chi connectivity index (χ3v) is 6.22. The van der Waals surface area contributed by atoms with Crippen molar-refractivity contribution in [3.8, 4) is 11.4 Å². The molecule has 0 bridgehead atoms. The standard InChI is InChI=1S/C24H26N4O3/c1-16-3-6-21(13-17(16)2)28-15-19(14-22(28)29)24-25-23(26-31-24)18-4-7-20(8-5-18)27-9-11-30-12-10-27/h3-8,13,19H,9-12,14-15H2,1-2H3/t19-/m1/s1. The summed E-state index contributed by atoms with van der Waals surface area (Å²) in [5.74, 6) is 1.07. The van der Waals surface area contributed by atoms with Crippen molar-refractivity contribution in [2.75, 3.05) is 42.6 Å². The van der Waals surface area contributed by atoms with Gasteiger partial charge in [-0.05, 0) is 61.4 Å². The number of carbonyl (C=O) groups excluding carboxylic acids is 1.